The van der Waals surface area contributed by atoms with Gasteiger partial charge < -0.3 is 18.6 Å². The van der Waals surface area contributed by atoms with Gasteiger partial charge in [-0.2, -0.15) is 0 Å². The second-order valence-electron chi connectivity index (χ2n) is 9.14. The Balaban J connectivity index is 1.39. The minimum Gasteiger partial charge on any atom is -0.489 e. The predicted molar refractivity (Wildman–Crippen MR) is 141 cm³/mol. The number of nitrogens with one attached hydrogen (secondary N) is 1. The number of rotatable bonds is 4. The summed E-state index contributed by atoms with van der Waals surface area (Å²) in [6, 6.07) is 20.3. The topological polar surface area (TPSA) is 85.4 Å². The first-order valence-corrected chi connectivity index (χ1v) is 11.7. The van der Waals surface area contributed by atoms with Crippen molar-refractivity contribution in [3.05, 3.63) is 110 Å². The highest BCUT2D eigenvalue weighted by Crippen LogP contribution is 2.37. The third-order valence-corrected chi connectivity index (χ3v) is 6.62. The first-order chi connectivity index (χ1) is 17.4. The van der Waals surface area contributed by atoms with Gasteiger partial charge in [-0.25, -0.2) is 4.79 Å². The molecule has 0 spiro atoms. The van der Waals surface area contributed by atoms with Gasteiger partial charge in [0.15, 0.2) is 0 Å². The van der Waals surface area contributed by atoms with E-state index in [4.69, 9.17) is 13.6 Å². The zero-order valence-electron chi connectivity index (χ0n) is 20.1. The number of benzene rings is 3. The fourth-order valence-electron chi connectivity index (χ4n) is 4.79. The minimum absolute atomic E-state index is 0.160. The molecule has 0 aliphatic rings. The standard InChI is InChI=1S/C30H23NO5/c1-16-7-10-25-23(11-16)24(14-28(33)35-25)30-18(3)21-9-8-20(13-26(21)36-30)34-15-19-12-27(32)31-29-17(2)5-4-6-22(19)29/h4-14H,15H2,1-3H3,(H,31,32). The van der Waals surface area contributed by atoms with Crippen LogP contribution in [0.3, 0.4) is 0 Å². The van der Waals surface area contributed by atoms with Crippen LogP contribution in [-0.2, 0) is 6.61 Å². The van der Waals surface area contributed by atoms with E-state index in [-0.39, 0.29) is 12.2 Å². The van der Waals surface area contributed by atoms with Gasteiger partial charge in [0, 0.05) is 51.0 Å². The lowest BCUT2D eigenvalue weighted by Crippen LogP contribution is -2.09. The average Bonchev–Trinajstić information content (AvgIpc) is 3.18. The fourth-order valence-corrected chi connectivity index (χ4v) is 4.79. The van der Waals surface area contributed by atoms with E-state index in [9.17, 15) is 9.59 Å². The van der Waals surface area contributed by atoms with Gasteiger partial charge in [-0.05, 0) is 50.6 Å². The Morgan fingerprint density at radius 2 is 1.67 bits per heavy atom. The van der Waals surface area contributed by atoms with Crippen molar-refractivity contribution in [2.75, 3.05) is 0 Å². The molecule has 1 N–H and O–H groups in total. The van der Waals surface area contributed by atoms with Crippen molar-refractivity contribution in [2.45, 2.75) is 27.4 Å². The Hall–Kier alpha value is -4.58. The summed E-state index contributed by atoms with van der Waals surface area (Å²) in [4.78, 5) is 27.4. The number of pyridine rings is 1. The average molecular weight is 478 g/mol. The molecule has 3 aromatic carbocycles. The molecule has 0 bridgehead atoms. The van der Waals surface area contributed by atoms with E-state index in [1.807, 2.05) is 69.3 Å². The maximum Gasteiger partial charge on any atom is 0.336 e. The summed E-state index contributed by atoms with van der Waals surface area (Å²) >= 11 is 0. The van der Waals surface area contributed by atoms with E-state index in [2.05, 4.69) is 4.98 Å². The zero-order chi connectivity index (χ0) is 25.0. The largest absolute Gasteiger partial charge is 0.489 e. The van der Waals surface area contributed by atoms with E-state index >= 15 is 0 Å². The van der Waals surface area contributed by atoms with Crippen molar-refractivity contribution in [3.8, 4) is 17.1 Å². The number of hydrogen-bond acceptors (Lipinski definition) is 5. The van der Waals surface area contributed by atoms with E-state index in [1.165, 1.54) is 6.07 Å². The molecule has 0 fully saturated rings. The van der Waals surface area contributed by atoms with Crippen LogP contribution in [-0.4, -0.2) is 4.98 Å². The number of aryl methyl sites for hydroxylation is 3. The lowest BCUT2D eigenvalue weighted by molar-refractivity contribution is 0.307. The fraction of sp³-hybridized carbons (Fsp3) is 0.133. The van der Waals surface area contributed by atoms with Crippen LogP contribution in [0.25, 0.3) is 44.2 Å². The quantitative estimate of drug-likeness (QED) is 0.291. The summed E-state index contributed by atoms with van der Waals surface area (Å²) in [7, 11) is 0. The van der Waals surface area contributed by atoms with Crippen LogP contribution in [0.2, 0.25) is 0 Å². The van der Waals surface area contributed by atoms with E-state index in [0.29, 0.717) is 28.2 Å². The van der Waals surface area contributed by atoms with Crippen LogP contribution in [0.5, 0.6) is 5.75 Å². The third kappa shape index (κ3) is 3.67. The summed E-state index contributed by atoms with van der Waals surface area (Å²) in [5.74, 6) is 1.25. The number of hydrogen-bond donors (Lipinski definition) is 1. The van der Waals surface area contributed by atoms with Gasteiger partial charge >= 0.3 is 5.63 Å². The van der Waals surface area contributed by atoms with Gasteiger partial charge in [0.2, 0.25) is 5.56 Å². The molecule has 0 saturated carbocycles. The SMILES string of the molecule is Cc1ccc2oc(=O)cc(-c3oc4cc(OCc5cc(=O)[nH]c6c(C)cccc56)ccc4c3C)c2c1. The highest BCUT2D eigenvalue weighted by atomic mass is 16.5. The predicted octanol–water partition coefficient (Wildman–Crippen LogP) is 6.55. The number of H-pyrrole nitrogens is 1. The second-order valence-corrected chi connectivity index (χ2v) is 9.14. The lowest BCUT2D eigenvalue weighted by Gasteiger charge is -2.10. The number of aromatic nitrogens is 1. The van der Waals surface area contributed by atoms with Crippen LogP contribution in [0.1, 0.15) is 22.3 Å². The van der Waals surface area contributed by atoms with E-state index < -0.39 is 5.63 Å². The monoisotopic (exact) mass is 477 g/mol. The smallest absolute Gasteiger partial charge is 0.336 e. The summed E-state index contributed by atoms with van der Waals surface area (Å²) in [5.41, 5.74) is 5.92. The molecule has 0 saturated heterocycles. The Labute approximate surface area is 205 Å². The molecular weight excluding hydrogens is 454 g/mol. The Morgan fingerprint density at radius 3 is 2.53 bits per heavy atom. The number of aromatic amines is 1. The van der Waals surface area contributed by atoms with Gasteiger partial charge in [-0.3, -0.25) is 4.79 Å². The van der Waals surface area contributed by atoms with Gasteiger partial charge in [-0.1, -0.05) is 29.8 Å². The van der Waals surface area contributed by atoms with Gasteiger partial charge in [0.05, 0.1) is 5.52 Å². The molecule has 0 atom stereocenters. The first kappa shape index (κ1) is 21.9. The first-order valence-electron chi connectivity index (χ1n) is 11.7. The summed E-state index contributed by atoms with van der Waals surface area (Å²) < 4.78 is 17.7. The van der Waals surface area contributed by atoms with Crippen LogP contribution in [0.4, 0.5) is 0 Å². The molecule has 3 aromatic heterocycles. The van der Waals surface area contributed by atoms with E-state index in [0.717, 1.165) is 43.9 Å². The number of furan rings is 1. The van der Waals surface area contributed by atoms with Crippen molar-refractivity contribution >= 4 is 32.8 Å². The Bertz CT molecular complexity index is 1920. The molecule has 0 aliphatic carbocycles. The van der Waals surface area contributed by atoms with Crippen molar-refractivity contribution in [1.29, 1.82) is 0 Å². The van der Waals surface area contributed by atoms with Gasteiger partial charge in [-0.15, -0.1) is 0 Å². The molecule has 6 aromatic rings. The molecule has 178 valence electrons. The molecule has 36 heavy (non-hydrogen) atoms. The molecule has 6 nitrogen and oxygen atoms in total. The normalized spacial score (nSPS) is 11.5. The molecule has 0 amide bonds. The Kier molecular flexibility index (Phi) is 5.04. The zero-order valence-corrected chi connectivity index (χ0v) is 20.1. The van der Waals surface area contributed by atoms with Crippen molar-refractivity contribution in [1.82, 2.24) is 4.98 Å². The van der Waals surface area contributed by atoms with Crippen molar-refractivity contribution in [3.63, 3.8) is 0 Å². The second kappa shape index (κ2) is 8.27. The third-order valence-electron chi connectivity index (χ3n) is 6.62. The molecule has 0 aliphatic heterocycles. The summed E-state index contributed by atoms with van der Waals surface area (Å²) in [6.07, 6.45) is 0. The molecule has 6 heteroatoms. The van der Waals surface area contributed by atoms with Crippen molar-refractivity contribution < 1.29 is 13.6 Å². The molecule has 0 radical (unpaired) electrons. The lowest BCUT2D eigenvalue weighted by atomic mass is 10.0. The van der Waals surface area contributed by atoms with Crippen LogP contribution >= 0.6 is 0 Å². The highest BCUT2D eigenvalue weighted by Gasteiger charge is 2.18. The maximum atomic E-state index is 12.2. The number of para-hydroxylation sites is 1. The highest BCUT2D eigenvalue weighted by molar-refractivity contribution is 5.97. The van der Waals surface area contributed by atoms with Gasteiger partial charge in [0.1, 0.15) is 29.3 Å². The maximum absolute atomic E-state index is 12.2. The van der Waals surface area contributed by atoms with Crippen LogP contribution < -0.4 is 15.9 Å². The van der Waals surface area contributed by atoms with Gasteiger partial charge in [0.25, 0.3) is 0 Å². The van der Waals surface area contributed by atoms with Crippen LogP contribution in [0, 0.1) is 20.8 Å². The van der Waals surface area contributed by atoms with E-state index in [1.54, 1.807) is 12.1 Å². The number of fused-ring (bicyclic) bond motifs is 3. The Morgan fingerprint density at radius 1 is 0.806 bits per heavy atom. The molecular formula is C30H23NO5. The molecule has 0 unspecified atom stereocenters. The number of ether oxygens (including phenoxy) is 1. The summed E-state index contributed by atoms with van der Waals surface area (Å²) in [6.45, 7) is 6.18. The van der Waals surface area contributed by atoms with Crippen LogP contribution in [0.15, 0.2) is 85.2 Å². The van der Waals surface area contributed by atoms with Crippen molar-refractivity contribution in [2.24, 2.45) is 0 Å². The molecule has 3 heterocycles. The minimum atomic E-state index is -0.425. The summed E-state index contributed by atoms with van der Waals surface area (Å²) in [5, 5.41) is 2.71. The molecule has 6 rings (SSSR count).